The summed E-state index contributed by atoms with van der Waals surface area (Å²) in [5.41, 5.74) is 1.54. The van der Waals surface area contributed by atoms with Crippen LogP contribution in [-0.2, 0) is 17.8 Å². The van der Waals surface area contributed by atoms with Crippen molar-refractivity contribution >= 4 is 5.91 Å². The second-order valence-corrected chi connectivity index (χ2v) is 3.71. The fourth-order valence-corrected chi connectivity index (χ4v) is 1.49. The molecule has 4 nitrogen and oxygen atoms in total. The molecule has 0 aliphatic heterocycles. The average molecular weight is 231 g/mol. The molecule has 0 saturated heterocycles. The number of benzene rings is 1. The van der Waals surface area contributed by atoms with E-state index in [0.717, 1.165) is 5.56 Å². The molecule has 0 fully saturated rings. The Bertz CT molecular complexity index is 491. The Balaban J connectivity index is 1.87. The molecule has 0 radical (unpaired) electrons. The molecule has 0 aliphatic rings. The van der Waals surface area contributed by atoms with Crippen LogP contribution in [0, 0.1) is 0 Å². The van der Waals surface area contributed by atoms with Crippen LogP contribution in [0.5, 0.6) is 5.75 Å². The van der Waals surface area contributed by atoms with Gasteiger partial charge in [-0.05, 0) is 12.1 Å². The Labute approximate surface area is 98.9 Å². The molecular formula is C13H13NO3. The molecule has 1 heterocycles. The highest BCUT2D eigenvalue weighted by atomic mass is 16.3. The molecule has 0 atom stereocenters. The second-order valence-electron chi connectivity index (χ2n) is 3.71. The summed E-state index contributed by atoms with van der Waals surface area (Å²) in [5, 5.41) is 12.3. The summed E-state index contributed by atoms with van der Waals surface area (Å²) in [5.74, 6) is 0.0126. The number of furan rings is 1. The van der Waals surface area contributed by atoms with Gasteiger partial charge < -0.3 is 14.8 Å². The lowest BCUT2D eigenvalue weighted by molar-refractivity contribution is -0.120. The maximum Gasteiger partial charge on any atom is 0.224 e. The Kier molecular flexibility index (Phi) is 3.45. The minimum atomic E-state index is -0.132. The lowest BCUT2D eigenvalue weighted by atomic mass is 10.1. The fraction of sp³-hybridized carbons (Fsp3) is 0.154. The smallest absolute Gasteiger partial charge is 0.224 e. The molecule has 0 bridgehead atoms. The maximum absolute atomic E-state index is 11.6. The number of hydrogen-bond acceptors (Lipinski definition) is 3. The van der Waals surface area contributed by atoms with Crippen molar-refractivity contribution in [3.8, 4) is 5.75 Å². The number of para-hydroxylation sites is 1. The van der Waals surface area contributed by atoms with Crippen LogP contribution < -0.4 is 5.32 Å². The fourth-order valence-electron chi connectivity index (χ4n) is 1.49. The second kappa shape index (κ2) is 5.21. The highest BCUT2D eigenvalue weighted by Crippen LogP contribution is 2.15. The van der Waals surface area contributed by atoms with E-state index < -0.39 is 0 Å². The predicted molar refractivity (Wildman–Crippen MR) is 62.4 cm³/mol. The van der Waals surface area contributed by atoms with Gasteiger partial charge in [0.05, 0.1) is 18.9 Å². The van der Waals surface area contributed by atoms with Crippen LogP contribution in [0.1, 0.15) is 11.1 Å². The van der Waals surface area contributed by atoms with Crippen LogP contribution in [0.25, 0.3) is 0 Å². The molecule has 1 aromatic carbocycles. The highest BCUT2D eigenvalue weighted by Gasteiger charge is 2.06. The number of hydrogen-bond donors (Lipinski definition) is 2. The maximum atomic E-state index is 11.6. The standard InChI is InChI=1S/C13H13NO3/c15-12-4-2-1-3-11(12)7-13(16)14-8-10-5-6-17-9-10/h1-6,9,15H,7-8H2,(H,14,16). The molecule has 1 aromatic heterocycles. The number of aromatic hydroxyl groups is 1. The molecule has 2 N–H and O–H groups in total. The first-order chi connectivity index (χ1) is 8.25. The molecule has 0 saturated carbocycles. The van der Waals surface area contributed by atoms with Crippen molar-refractivity contribution in [2.75, 3.05) is 0 Å². The molecule has 2 aromatic rings. The van der Waals surface area contributed by atoms with Gasteiger partial charge in [0.15, 0.2) is 0 Å². The minimum Gasteiger partial charge on any atom is -0.508 e. The van der Waals surface area contributed by atoms with Gasteiger partial charge in [-0.2, -0.15) is 0 Å². The van der Waals surface area contributed by atoms with Crippen LogP contribution >= 0.6 is 0 Å². The molecule has 0 unspecified atom stereocenters. The SMILES string of the molecule is O=C(Cc1ccccc1O)NCc1ccoc1. The molecule has 0 spiro atoms. The van der Waals surface area contributed by atoms with Crippen molar-refractivity contribution in [3.63, 3.8) is 0 Å². The van der Waals surface area contributed by atoms with Crippen molar-refractivity contribution in [1.29, 1.82) is 0 Å². The van der Waals surface area contributed by atoms with Gasteiger partial charge in [0.1, 0.15) is 5.75 Å². The largest absolute Gasteiger partial charge is 0.508 e. The zero-order valence-corrected chi connectivity index (χ0v) is 9.22. The van der Waals surface area contributed by atoms with Crippen molar-refractivity contribution in [1.82, 2.24) is 5.32 Å². The molecule has 2 rings (SSSR count). The topological polar surface area (TPSA) is 62.5 Å². The Morgan fingerprint density at radius 1 is 1.29 bits per heavy atom. The summed E-state index contributed by atoms with van der Waals surface area (Å²) in [6, 6.07) is 8.60. The quantitative estimate of drug-likeness (QED) is 0.844. The number of phenolic OH excluding ortho intramolecular Hbond substituents is 1. The number of phenols is 1. The summed E-state index contributed by atoms with van der Waals surface area (Å²) in [4.78, 5) is 11.6. The zero-order chi connectivity index (χ0) is 12.1. The van der Waals surface area contributed by atoms with E-state index in [-0.39, 0.29) is 18.1 Å². The first-order valence-corrected chi connectivity index (χ1v) is 5.30. The van der Waals surface area contributed by atoms with Crippen LogP contribution in [0.15, 0.2) is 47.3 Å². The van der Waals surface area contributed by atoms with Crippen molar-refractivity contribution < 1.29 is 14.3 Å². The van der Waals surface area contributed by atoms with Crippen molar-refractivity contribution in [2.45, 2.75) is 13.0 Å². The Morgan fingerprint density at radius 2 is 2.12 bits per heavy atom. The summed E-state index contributed by atoms with van der Waals surface area (Å²) < 4.78 is 4.89. The lowest BCUT2D eigenvalue weighted by Crippen LogP contribution is -2.24. The number of rotatable bonds is 4. The van der Waals surface area contributed by atoms with Crippen LogP contribution in [-0.4, -0.2) is 11.0 Å². The highest BCUT2D eigenvalue weighted by molar-refractivity contribution is 5.79. The lowest BCUT2D eigenvalue weighted by Gasteiger charge is -2.05. The molecule has 4 heteroatoms. The molecule has 88 valence electrons. The molecule has 17 heavy (non-hydrogen) atoms. The summed E-state index contributed by atoms with van der Waals surface area (Å²) >= 11 is 0. The van der Waals surface area contributed by atoms with Crippen LogP contribution in [0.4, 0.5) is 0 Å². The van der Waals surface area contributed by atoms with Gasteiger partial charge in [-0.25, -0.2) is 0 Å². The number of nitrogens with one attached hydrogen (secondary N) is 1. The van der Waals surface area contributed by atoms with Gasteiger partial charge in [0, 0.05) is 17.7 Å². The average Bonchev–Trinajstić information content (AvgIpc) is 2.82. The number of amides is 1. The van der Waals surface area contributed by atoms with Crippen molar-refractivity contribution in [3.05, 3.63) is 54.0 Å². The van der Waals surface area contributed by atoms with E-state index in [4.69, 9.17) is 4.42 Å². The van der Waals surface area contributed by atoms with Crippen LogP contribution in [0.3, 0.4) is 0 Å². The monoisotopic (exact) mass is 231 g/mol. The van der Waals surface area contributed by atoms with E-state index >= 15 is 0 Å². The normalized spacial score (nSPS) is 10.1. The van der Waals surface area contributed by atoms with Gasteiger partial charge in [0.2, 0.25) is 5.91 Å². The first kappa shape index (κ1) is 11.3. The third-order valence-electron chi connectivity index (χ3n) is 2.41. The third kappa shape index (κ3) is 3.11. The van der Waals surface area contributed by atoms with E-state index in [2.05, 4.69) is 5.32 Å². The van der Waals surface area contributed by atoms with E-state index in [1.807, 2.05) is 0 Å². The molecular weight excluding hydrogens is 218 g/mol. The summed E-state index contributed by atoms with van der Waals surface area (Å²) in [7, 11) is 0. The van der Waals surface area contributed by atoms with Crippen LogP contribution in [0.2, 0.25) is 0 Å². The Hall–Kier alpha value is -2.23. The first-order valence-electron chi connectivity index (χ1n) is 5.30. The van der Waals surface area contributed by atoms with Gasteiger partial charge in [-0.3, -0.25) is 4.79 Å². The third-order valence-corrected chi connectivity index (χ3v) is 2.41. The van der Waals surface area contributed by atoms with E-state index in [1.165, 1.54) is 0 Å². The van der Waals surface area contributed by atoms with Gasteiger partial charge in [-0.1, -0.05) is 18.2 Å². The van der Waals surface area contributed by atoms with Gasteiger partial charge >= 0.3 is 0 Å². The minimum absolute atomic E-state index is 0.132. The van der Waals surface area contributed by atoms with Gasteiger partial charge in [-0.15, -0.1) is 0 Å². The number of carbonyl (C=O) groups is 1. The summed E-state index contributed by atoms with van der Waals surface area (Å²) in [6.45, 7) is 0.433. The summed E-state index contributed by atoms with van der Waals surface area (Å²) in [6.07, 6.45) is 3.31. The van der Waals surface area contributed by atoms with Crippen molar-refractivity contribution in [2.24, 2.45) is 0 Å². The molecule has 0 aliphatic carbocycles. The van der Waals surface area contributed by atoms with Gasteiger partial charge in [0.25, 0.3) is 0 Å². The molecule has 1 amide bonds. The number of carbonyl (C=O) groups excluding carboxylic acids is 1. The van der Waals surface area contributed by atoms with E-state index in [0.29, 0.717) is 12.1 Å². The zero-order valence-electron chi connectivity index (χ0n) is 9.22. The predicted octanol–water partition coefficient (Wildman–Crippen LogP) is 1.84. The Morgan fingerprint density at radius 3 is 2.82 bits per heavy atom. The van der Waals surface area contributed by atoms with E-state index in [1.54, 1.807) is 42.9 Å². The van der Waals surface area contributed by atoms with E-state index in [9.17, 15) is 9.90 Å².